The third-order valence-electron chi connectivity index (χ3n) is 6.80. The normalized spacial score (nSPS) is 11.3. The van der Waals surface area contributed by atoms with Gasteiger partial charge >= 0.3 is 0 Å². The lowest BCUT2D eigenvalue weighted by Crippen LogP contribution is -2.37. The fourth-order valence-corrected chi connectivity index (χ4v) is 4.72. The number of aromatic nitrogens is 2. The molecule has 0 spiro atoms. The molecule has 0 saturated heterocycles. The highest BCUT2D eigenvalue weighted by atomic mass is 15.1. The van der Waals surface area contributed by atoms with E-state index < -0.39 is 0 Å². The van der Waals surface area contributed by atoms with Crippen molar-refractivity contribution in [3.8, 4) is 0 Å². The van der Waals surface area contributed by atoms with Gasteiger partial charge in [0, 0.05) is 0 Å². The Balaban J connectivity index is 1.79. The first-order valence-electron chi connectivity index (χ1n) is 14.0. The molecule has 0 N–H and O–H groups in total. The molecule has 2 heteroatoms. The lowest BCUT2D eigenvalue weighted by Gasteiger charge is -2.07. The van der Waals surface area contributed by atoms with Crippen LogP contribution in [0.3, 0.4) is 0 Å². The molecule has 32 heavy (non-hydrogen) atoms. The van der Waals surface area contributed by atoms with Gasteiger partial charge in [0.2, 0.25) is 0 Å². The summed E-state index contributed by atoms with van der Waals surface area (Å²) in [6, 6.07) is 11.0. The van der Waals surface area contributed by atoms with Gasteiger partial charge < -0.3 is 0 Å². The number of nitrogens with zero attached hydrogens (tertiary/aromatic N) is 2. The van der Waals surface area contributed by atoms with Gasteiger partial charge in [0.1, 0.15) is 12.4 Å². The summed E-state index contributed by atoms with van der Waals surface area (Å²) in [7, 11) is 0. The first kappa shape index (κ1) is 26.7. The van der Waals surface area contributed by atoms with Crippen LogP contribution >= 0.6 is 0 Å². The molecule has 0 aliphatic heterocycles. The van der Waals surface area contributed by atoms with Gasteiger partial charge in [0.05, 0.1) is 19.5 Å². The van der Waals surface area contributed by atoms with E-state index in [0.29, 0.717) is 0 Å². The second kappa shape index (κ2) is 17.9. The van der Waals surface area contributed by atoms with Gasteiger partial charge in [-0.25, -0.2) is 9.13 Å². The molecule has 0 amide bonds. The van der Waals surface area contributed by atoms with Gasteiger partial charge in [-0.05, 0) is 31.2 Å². The van der Waals surface area contributed by atoms with Crippen molar-refractivity contribution in [1.29, 1.82) is 0 Å². The summed E-state index contributed by atoms with van der Waals surface area (Å²) < 4.78 is 5.07. The highest BCUT2D eigenvalue weighted by Gasteiger charge is 2.17. The van der Waals surface area contributed by atoms with E-state index in [1.165, 1.54) is 127 Å². The number of unbranched alkanes of at least 4 members (excludes halogenated alkanes) is 14. The maximum Gasteiger partial charge on any atom is 0.260 e. The van der Waals surface area contributed by atoms with Crippen LogP contribution in [0.25, 0.3) is 0 Å². The third kappa shape index (κ3) is 11.3. The molecule has 0 atom stereocenters. The number of aryl methyl sites for hydroxylation is 2. The molecular formula is C30H51N2+. The van der Waals surface area contributed by atoms with Crippen LogP contribution in [0.15, 0.2) is 42.7 Å². The SMILES string of the molecule is CCCCCCCCCCn1cc[n+](CCCCCCCCCC)c1Cc1ccccc1. The van der Waals surface area contributed by atoms with Gasteiger partial charge in [-0.3, -0.25) is 0 Å². The molecule has 1 aromatic heterocycles. The van der Waals surface area contributed by atoms with E-state index in [9.17, 15) is 0 Å². The van der Waals surface area contributed by atoms with Crippen LogP contribution in [-0.2, 0) is 19.5 Å². The van der Waals surface area contributed by atoms with E-state index in [4.69, 9.17) is 0 Å². The second-order valence-electron chi connectivity index (χ2n) is 9.71. The van der Waals surface area contributed by atoms with Crippen molar-refractivity contribution in [3.63, 3.8) is 0 Å². The van der Waals surface area contributed by atoms with Crippen molar-refractivity contribution in [2.24, 2.45) is 0 Å². The molecule has 1 aromatic carbocycles. The molecule has 2 rings (SSSR count). The summed E-state index contributed by atoms with van der Waals surface area (Å²) in [5, 5.41) is 0. The topological polar surface area (TPSA) is 8.81 Å². The molecule has 0 aliphatic rings. The molecule has 0 unspecified atom stereocenters. The number of benzene rings is 1. The van der Waals surface area contributed by atoms with Gasteiger partial charge in [-0.15, -0.1) is 0 Å². The van der Waals surface area contributed by atoms with Crippen molar-refractivity contribution in [2.45, 2.75) is 136 Å². The van der Waals surface area contributed by atoms with Crippen molar-refractivity contribution in [1.82, 2.24) is 4.57 Å². The zero-order valence-corrected chi connectivity index (χ0v) is 21.4. The number of hydrogen-bond donors (Lipinski definition) is 0. The van der Waals surface area contributed by atoms with Crippen LogP contribution in [0.4, 0.5) is 0 Å². The standard InChI is InChI=1S/C30H51N2/c1-3-5-7-9-11-13-15-20-24-31-26-27-32(25-21-16-14-12-10-8-6-4-2)30(31)28-29-22-18-17-19-23-29/h17-19,22-23,26-27H,3-16,20-21,24-25,28H2,1-2H3/q+1. The number of rotatable bonds is 20. The van der Waals surface area contributed by atoms with Gasteiger partial charge in [-0.1, -0.05) is 121 Å². The molecule has 2 nitrogen and oxygen atoms in total. The molecule has 2 aromatic rings. The molecule has 180 valence electrons. The average molecular weight is 440 g/mol. The summed E-state index contributed by atoms with van der Waals surface area (Å²) in [6.07, 6.45) is 27.9. The van der Waals surface area contributed by atoms with Crippen LogP contribution < -0.4 is 4.57 Å². The molecule has 0 radical (unpaired) electrons. The Morgan fingerprint density at radius 3 is 1.75 bits per heavy atom. The summed E-state index contributed by atoms with van der Waals surface area (Å²) in [6.45, 7) is 6.93. The van der Waals surface area contributed by atoms with E-state index in [0.717, 1.165) is 6.42 Å². The van der Waals surface area contributed by atoms with Crippen LogP contribution in [0.1, 0.15) is 128 Å². The Labute approximate surface area is 199 Å². The highest BCUT2D eigenvalue weighted by molar-refractivity contribution is 5.18. The predicted molar refractivity (Wildman–Crippen MR) is 139 cm³/mol. The van der Waals surface area contributed by atoms with Gasteiger partial charge in [-0.2, -0.15) is 0 Å². The van der Waals surface area contributed by atoms with E-state index in [1.54, 1.807) is 0 Å². The summed E-state index contributed by atoms with van der Waals surface area (Å²) in [5.41, 5.74) is 1.42. The van der Waals surface area contributed by atoms with E-state index in [-0.39, 0.29) is 0 Å². The van der Waals surface area contributed by atoms with Crippen LogP contribution in [0.2, 0.25) is 0 Å². The van der Waals surface area contributed by atoms with Crippen LogP contribution in [-0.4, -0.2) is 4.57 Å². The summed E-state index contributed by atoms with van der Waals surface area (Å²) in [5.74, 6) is 1.49. The van der Waals surface area contributed by atoms with E-state index in [1.807, 2.05) is 0 Å². The summed E-state index contributed by atoms with van der Waals surface area (Å²) in [4.78, 5) is 0. The monoisotopic (exact) mass is 439 g/mol. The van der Waals surface area contributed by atoms with E-state index >= 15 is 0 Å². The zero-order valence-electron chi connectivity index (χ0n) is 21.4. The minimum absolute atomic E-state index is 1.04. The predicted octanol–water partition coefficient (Wildman–Crippen LogP) is 8.65. The average Bonchev–Trinajstić information content (AvgIpc) is 3.19. The quantitative estimate of drug-likeness (QED) is 0.144. The molecule has 0 saturated carbocycles. The lowest BCUT2D eigenvalue weighted by molar-refractivity contribution is -0.703. The first-order chi connectivity index (χ1) is 15.8. The Hall–Kier alpha value is -1.57. The Morgan fingerprint density at radius 1 is 0.625 bits per heavy atom. The third-order valence-corrected chi connectivity index (χ3v) is 6.80. The maximum atomic E-state index is 2.54. The minimum atomic E-state index is 1.04. The highest BCUT2D eigenvalue weighted by Crippen LogP contribution is 2.13. The van der Waals surface area contributed by atoms with Gasteiger partial charge in [0.15, 0.2) is 0 Å². The van der Waals surface area contributed by atoms with Crippen molar-refractivity contribution in [3.05, 3.63) is 54.1 Å². The molecule has 0 aliphatic carbocycles. The Morgan fingerprint density at radius 2 is 1.16 bits per heavy atom. The molecular weight excluding hydrogens is 388 g/mol. The minimum Gasteiger partial charge on any atom is -0.234 e. The smallest absolute Gasteiger partial charge is 0.234 e. The fraction of sp³-hybridized carbons (Fsp3) is 0.700. The molecule has 0 bridgehead atoms. The van der Waals surface area contributed by atoms with Gasteiger partial charge in [0.25, 0.3) is 5.82 Å². The van der Waals surface area contributed by atoms with Crippen molar-refractivity contribution >= 4 is 0 Å². The number of imidazole rings is 1. The van der Waals surface area contributed by atoms with E-state index in [2.05, 4.69) is 65.7 Å². The largest absolute Gasteiger partial charge is 0.260 e. The Bertz CT molecular complexity index is 636. The zero-order chi connectivity index (χ0) is 22.7. The van der Waals surface area contributed by atoms with Crippen LogP contribution in [0, 0.1) is 0 Å². The lowest BCUT2D eigenvalue weighted by atomic mass is 10.1. The first-order valence-corrected chi connectivity index (χ1v) is 14.0. The Kier molecular flexibility index (Phi) is 14.9. The molecule has 1 heterocycles. The number of hydrogen-bond acceptors (Lipinski definition) is 0. The van der Waals surface area contributed by atoms with Crippen molar-refractivity contribution < 1.29 is 4.57 Å². The fourth-order valence-electron chi connectivity index (χ4n) is 4.72. The second-order valence-corrected chi connectivity index (χ2v) is 9.71. The van der Waals surface area contributed by atoms with Crippen LogP contribution in [0.5, 0.6) is 0 Å². The molecule has 0 fully saturated rings. The van der Waals surface area contributed by atoms with Crippen molar-refractivity contribution in [2.75, 3.05) is 0 Å². The maximum absolute atomic E-state index is 2.54. The summed E-state index contributed by atoms with van der Waals surface area (Å²) >= 11 is 0.